The summed E-state index contributed by atoms with van der Waals surface area (Å²) in [6.45, 7) is -0.658. The van der Waals surface area contributed by atoms with E-state index in [-0.39, 0.29) is 13.1 Å². The van der Waals surface area contributed by atoms with Crippen LogP contribution in [0.15, 0.2) is 48.7 Å². The van der Waals surface area contributed by atoms with Crippen molar-refractivity contribution in [1.29, 1.82) is 0 Å². The molecule has 1 fully saturated rings. The van der Waals surface area contributed by atoms with Gasteiger partial charge in [-0.05, 0) is 35.9 Å². The van der Waals surface area contributed by atoms with Crippen molar-refractivity contribution >= 4 is 39.7 Å². The SMILES string of the molecule is COc1ccc2c(Oc3ccc(CC(=S)N4CC(F)(F)C4)c(Cl)c3)ccnc2c1. The van der Waals surface area contributed by atoms with E-state index in [1.165, 1.54) is 4.90 Å². The van der Waals surface area contributed by atoms with Gasteiger partial charge in [-0.25, -0.2) is 8.78 Å². The molecule has 150 valence electrons. The summed E-state index contributed by atoms with van der Waals surface area (Å²) in [4.78, 5) is 6.29. The van der Waals surface area contributed by atoms with Gasteiger partial charge in [0.2, 0.25) is 0 Å². The van der Waals surface area contributed by atoms with Crippen LogP contribution in [0.25, 0.3) is 10.9 Å². The number of likely N-dealkylation sites (tertiary alicyclic amines) is 1. The number of ether oxygens (including phenoxy) is 2. The van der Waals surface area contributed by atoms with Gasteiger partial charge >= 0.3 is 0 Å². The summed E-state index contributed by atoms with van der Waals surface area (Å²) in [7, 11) is 1.60. The molecule has 0 aliphatic carbocycles. The zero-order valence-electron chi connectivity index (χ0n) is 15.5. The third-order valence-electron chi connectivity index (χ3n) is 4.70. The highest BCUT2D eigenvalue weighted by atomic mass is 35.5. The molecule has 8 heteroatoms. The van der Waals surface area contributed by atoms with Gasteiger partial charge in [-0.1, -0.05) is 29.9 Å². The molecule has 2 heterocycles. The first kappa shape index (κ1) is 19.8. The Morgan fingerprint density at radius 1 is 1.17 bits per heavy atom. The molecule has 0 amide bonds. The van der Waals surface area contributed by atoms with E-state index in [1.54, 1.807) is 37.6 Å². The molecule has 1 aromatic heterocycles. The zero-order chi connectivity index (χ0) is 20.6. The highest BCUT2D eigenvalue weighted by Crippen LogP contribution is 2.33. The van der Waals surface area contributed by atoms with Gasteiger partial charge in [-0.2, -0.15) is 0 Å². The summed E-state index contributed by atoms with van der Waals surface area (Å²) >= 11 is 11.7. The van der Waals surface area contributed by atoms with Crippen molar-refractivity contribution in [3.8, 4) is 17.2 Å². The van der Waals surface area contributed by atoms with Crippen molar-refractivity contribution < 1.29 is 18.3 Å². The van der Waals surface area contributed by atoms with E-state index in [2.05, 4.69) is 4.98 Å². The quantitative estimate of drug-likeness (QED) is 0.495. The maximum Gasteiger partial charge on any atom is 0.282 e. The van der Waals surface area contributed by atoms with E-state index in [0.29, 0.717) is 33.7 Å². The molecule has 29 heavy (non-hydrogen) atoms. The Kier molecular flexibility index (Phi) is 5.27. The summed E-state index contributed by atoms with van der Waals surface area (Å²) in [6, 6.07) is 12.6. The molecular formula is C21H17ClF2N2O2S. The fourth-order valence-corrected chi connectivity index (χ4v) is 3.66. The van der Waals surface area contributed by atoms with Gasteiger partial charge in [0.15, 0.2) is 0 Å². The Labute approximate surface area is 177 Å². The first-order chi connectivity index (χ1) is 13.8. The van der Waals surface area contributed by atoms with Crippen LogP contribution in [0.1, 0.15) is 5.56 Å². The normalized spacial score (nSPS) is 15.1. The number of benzene rings is 2. The van der Waals surface area contributed by atoms with Crippen LogP contribution in [-0.4, -0.2) is 41.0 Å². The largest absolute Gasteiger partial charge is 0.497 e. The van der Waals surface area contributed by atoms with E-state index >= 15 is 0 Å². The standard InChI is InChI=1S/C21H17ClF2N2O2S/c1-27-14-4-5-16-18(10-14)25-7-6-19(16)28-15-3-2-13(17(22)9-15)8-20(29)26-11-21(23,24)12-26/h2-7,9-10H,8,11-12H2,1H3. The summed E-state index contributed by atoms with van der Waals surface area (Å²) in [6.07, 6.45) is 2.00. The van der Waals surface area contributed by atoms with Crippen LogP contribution in [0.5, 0.6) is 17.2 Å². The smallest absolute Gasteiger partial charge is 0.282 e. The molecule has 2 aromatic carbocycles. The lowest BCUT2D eigenvalue weighted by atomic mass is 10.1. The number of hydrogen-bond donors (Lipinski definition) is 0. The molecule has 1 saturated heterocycles. The summed E-state index contributed by atoms with van der Waals surface area (Å²) in [5.74, 6) is -0.739. The van der Waals surface area contributed by atoms with Gasteiger partial charge in [0, 0.05) is 29.1 Å². The van der Waals surface area contributed by atoms with Gasteiger partial charge in [0.1, 0.15) is 17.2 Å². The molecular weight excluding hydrogens is 418 g/mol. The van der Waals surface area contributed by atoms with Crippen molar-refractivity contribution in [1.82, 2.24) is 9.88 Å². The number of nitrogens with zero attached hydrogens (tertiary/aromatic N) is 2. The molecule has 3 aromatic rings. The lowest BCUT2D eigenvalue weighted by molar-refractivity contribution is -0.100. The summed E-state index contributed by atoms with van der Waals surface area (Å²) in [5.41, 5.74) is 1.52. The maximum atomic E-state index is 13.0. The Hall–Kier alpha value is -2.51. The number of aromatic nitrogens is 1. The van der Waals surface area contributed by atoms with Crippen LogP contribution in [0, 0.1) is 0 Å². The average Bonchev–Trinajstić information content (AvgIpc) is 2.67. The Balaban J connectivity index is 1.50. The number of alkyl halides is 2. The molecule has 0 radical (unpaired) electrons. The second-order valence-corrected chi connectivity index (χ2v) is 7.71. The number of fused-ring (bicyclic) bond motifs is 1. The van der Waals surface area contributed by atoms with Crippen LogP contribution in [0.4, 0.5) is 8.78 Å². The van der Waals surface area contributed by atoms with Crippen LogP contribution >= 0.6 is 23.8 Å². The van der Waals surface area contributed by atoms with Crippen LogP contribution < -0.4 is 9.47 Å². The van der Waals surface area contributed by atoms with Gasteiger partial charge in [-0.3, -0.25) is 4.98 Å². The maximum absolute atomic E-state index is 13.0. The Morgan fingerprint density at radius 3 is 2.62 bits per heavy atom. The first-order valence-electron chi connectivity index (χ1n) is 8.89. The van der Waals surface area contributed by atoms with E-state index < -0.39 is 5.92 Å². The fourth-order valence-electron chi connectivity index (χ4n) is 3.14. The van der Waals surface area contributed by atoms with Crippen molar-refractivity contribution in [2.45, 2.75) is 12.3 Å². The number of thiocarbonyl (C=S) groups is 1. The molecule has 0 bridgehead atoms. The second kappa shape index (κ2) is 7.72. The summed E-state index contributed by atoms with van der Waals surface area (Å²) in [5, 5.41) is 1.31. The third kappa shape index (κ3) is 4.26. The fraction of sp³-hybridized carbons (Fsp3) is 0.238. The lowest BCUT2D eigenvalue weighted by Gasteiger charge is -2.40. The number of methoxy groups -OCH3 is 1. The molecule has 4 nitrogen and oxygen atoms in total. The third-order valence-corrected chi connectivity index (χ3v) is 5.46. The Morgan fingerprint density at radius 2 is 1.93 bits per heavy atom. The van der Waals surface area contributed by atoms with Crippen molar-refractivity contribution in [3.05, 3.63) is 59.2 Å². The van der Waals surface area contributed by atoms with Crippen molar-refractivity contribution in [3.63, 3.8) is 0 Å². The molecule has 0 unspecified atom stereocenters. The van der Waals surface area contributed by atoms with Crippen molar-refractivity contribution in [2.24, 2.45) is 0 Å². The predicted molar refractivity (Wildman–Crippen MR) is 113 cm³/mol. The molecule has 0 spiro atoms. The van der Waals surface area contributed by atoms with Crippen LogP contribution in [0.2, 0.25) is 5.02 Å². The molecule has 0 atom stereocenters. The van der Waals surface area contributed by atoms with Gasteiger partial charge in [0.25, 0.3) is 5.92 Å². The van der Waals surface area contributed by atoms with Gasteiger partial charge in [0.05, 0.1) is 30.7 Å². The highest BCUT2D eigenvalue weighted by Gasteiger charge is 2.44. The number of halogens is 3. The molecule has 1 aliphatic heterocycles. The van der Waals surface area contributed by atoms with Crippen LogP contribution in [-0.2, 0) is 6.42 Å². The minimum Gasteiger partial charge on any atom is -0.497 e. The molecule has 0 N–H and O–H groups in total. The topological polar surface area (TPSA) is 34.6 Å². The van der Waals surface area contributed by atoms with Crippen molar-refractivity contribution in [2.75, 3.05) is 20.2 Å². The highest BCUT2D eigenvalue weighted by molar-refractivity contribution is 7.80. The number of pyridine rings is 1. The second-order valence-electron chi connectivity index (χ2n) is 6.83. The first-order valence-corrected chi connectivity index (χ1v) is 9.68. The average molecular weight is 435 g/mol. The zero-order valence-corrected chi connectivity index (χ0v) is 17.1. The monoisotopic (exact) mass is 434 g/mol. The summed E-state index contributed by atoms with van der Waals surface area (Å²) < 4.78 is 37.3. The van der Waals surface area contributed by atoms with E-state index in [1.807, 2.05) is 18.2 Å². The van der Waals surface area contributed by atoms with E-state index in [0.717, 1.165) is 16.5 Å². The molecule has 4 rings (SSSR count). The minimum absolute atomic E-state index is 0.329. The number of hydrogen-bond acceptors (Lipinski definition) is 4. The van der Waals surface area contributed by atoms with Crippen LogP contribution in [0.3, 0.4) is 0 Å². The molecule has 1 aliphatic rings. The lowest BCUT2D eigenvalue weighted by Crippen LogP contribution is -2.58. The van der Waals surface area contributed by atoms with E-state index in [9.17, 15) is 8.78 Å². The molecule has 0 saturated carbocycles. The van der Waals surface area contributed by atoms with Gasteiger partial charge < -0.3 is 14.4 Å². The Bertz CT molecular complexity index is 1090. The predicted octanol–water partition coefficient (Wildman–Crippen LogP) is 5.51. The minimum atomic E-state index is -2.65. The van der Waals surface area contributed by atoms with Gasteiger partial charge in [-0.15, -0.1) is 0 Å². The van der Waals surface area contributed by atoms with E-state index in [4.69, 9.17) is 33.3 Å². The number of rotatable bonds is 5.